The van der Waals surface area contributed by atoms with Crippen molar-refractivity contribution in [2.75, 3.05) is 6.26 Å². The third-order valence-electron chi connectivity index (χ3n) is 4.20. The molecule has 1 aromatic carbocycles. The molecule has 0 aliphatic carbocycles. The number of rotatable bonds is 7. The van der Waals surface area contributed by atoms with Gasteiger partial charge in [0.05, 0.1) is 11.8 Å². The fraction of sp³-hybridized carbons (Fsp3) is 0.316. The summed E-state index contributed by atoms with van der Waals surface area (Å²) in [5.74, 6) is -1.67. The summed E-state index contributed by atoms with van der Waals surface area (Å²) in [5, 5.41) is 11.4. The summed E-state index contributed by atoms with van der Waals surface area (Å²) in [6, 6.07) is 9.62. The monoisotopic (exact) mass is 420 g/mol. The highest BCUT2D eigenvalue weighted by Gasteiger charge is 2.39. The molecule has 0 aliphatic heterocycles. The zero-order valence-electron chi connectivity index (χ0n) is 16.6. The van der Waals surface area contributed by atoms with Gasteiger partial charge in [0.1, 0.15) is 11.7 Å². The van der Waals surface area contributed by atoms with Crippen LogP contribution in [-0.2, 0) is 14.8 Å². The van der Waals surface area contributed by atoms with Gasteiger partial charge in [-0.3, -0.25) is 19.8 Å². The van der Waals surface area contributed by atoms with E-state index in [1.807, 2.05) is 31.2 Å². The molecule has 2 amide bonds. The minimum atomic E-state index is -3.69. The molecular formula is C19H24N4O5S. The Bertz CT molecular complexity index is 986. The molecule has 1 atom stereocenters. The number of hydrogen-bond acceptors (Lipinski definition) is 6. The molecule has 9 nitrogen and oxygen atoms in total. The van der Waals surface area contributed by atoms with Crippen molar-refractivity contribution in [1.82, 2.24) is 20.5 Å². The molecule has 29 heavy (non-hydrogen) atoms. The van der Waals surface area contributed by atoms with Gasteiger partial charge in [0.25, 0.3) is 11.8 Å². The lowest BCUT2D eigenvalue weighted by Gasteiger charge is -2.33. The second kappa shape index (κ2) is 8.68. The molecule has 0 radical (unpaired) electrons. The SMILES string of the molecule is Cc1ccc(-c2ccc(C(=O)N[C@H](C(=O)NO)C(C)(C)NS(C)(=O)=O)nc2)cc1. The molecule has 0 saturated carbocycles. The van der Waals surface area contributed by atoms with Crippen LogP contribution in [0.1, 0.15) is 29.9 Å². The van der Waals surface area contributed by atoms with Crippen LogP contribution in [-0.4, -0.2) is 48.3 Å². The van der Waals surface area contributed by atoms with Gasteiger partial charge in [-0.15, -0.1) is 0 Å². The number of pyridine rings is 1. The Morgan fingerprint density at radius 3 is 2.14 bits per heavy atom. The van der Waals surface area contributed by atoms with Gasteiger partial charge in [-0.1, -0.05) is 35.9 Å². The van der Waals surface area contributed by atoms with Crippen LogP contribution in [0.3, 0.4) is 0 Å². The number of hydrogen-bond donors (Lipinski definition) is 4. The quantitative estimate of drug-likeness (QED) is 0.389. The molecule has 2 rings (SSSR count). The third kappa shape index (κ3) is 6.08. The maximum absolute atomic E-state index is 12.6. The second-order valence-corrected chi connectivity index (χ2v) is 9.03. The predicted molar refractivity (Wildman–Crippen MR) is 108 cm³/mol. The fourth-order valence-corrected chi connectivity index (χ4v) is 3.90. The van der Waals surface area contributed by atoms with Crippen molar-refractivity contribution in [3.05, 3.63) is 53.9 Å². The topological polar surface area (TPSA) is 137 Å². The van der Waals surface area contributed by atoms with Crippen molar-refractivity contribution in [1.29, 1.82) is 0 Å². The number of carbonyl (C=O) groups is 2. The molecule has 0 fully saturated rings. The average molecular weight is 420 g/mol. The Labute approximate surface area is 169 Å². The van der Waals surface area contributed by atoms with E-state index < -0.39 is 33.4 Å². The van der Waals surface area contributed by atoms with E-state index in [9.17, 15) is 18.0 Å². The standard InChI is InChI=1S/C19H24N4O5S/c1-12-5-7-13(8-6-12)14-9-10-15(20-11-14)17(24)21-16(18(25)22-26)19(2,3)23-29(4,27)28/h5-11,16,23,26H,1-4H3,(H,21,24)(H,22,25)/t16-/m1/s1. The molecular weight excluding hydrogens is 396 g/mol. The highest BCUT2D eigenvalue weighted by Crippen LogP contribution is 2.19. The highest BCUT2D eigenvalue weighted by molar-refractivity contribution is 7.88. The molecule has 0 aliphatic rings. The summed E-state index contributed by atoms with van der Waals surface area (Å²) in [7, 11) is -3.69. The molecule has 0 unspecified atom stereocenters. The van der Waals surface area contributed by atoms with Gasteiger partial charge >= 0.3 is 0 Å². The summed E-state index contributed by atoms with van der Waals surface area (Å²) >= 11 is 0. The molecule has 0 bridgehead atoms. The first kappa shape index (κ1) is 22.5. The van der Waals surface area contributed by atoms with E-state index >= 15 is 0 Å². The van der Waals surface area contributed by atoms with E-state index in [1.54, 1.807) is 6.07 Å². The first-order chi connectivity index (χ1) is 13.4. The molecule has 0 saturated heterocycles. The lowest BCUT2D eigenvalue weighted by molar-refractivity contribution is -0.132. The average Bonchev–Trinajstić information content (AvgIpc) is 2.64. The number of amides is 2. The van der Waals surface area contributed by atoms with Gasteiger partial charge in [0, 0.05) is 11.8 Å². The van der Waals surface area contributed by atoms with E-state index in [-0.39, 0.29) is 5.69 Å². The molecule has 1 heterocycles. The Morgan fingerprint density at radius 2 is 1.66 bits per heavy atom. The fourth-order valence-electron chi connectivity index (χ4n) is 2.82. The number of benzene rings is 1. The van der Waals surface area contributed by atoms with Crippen molar-refractivity contribution in [2.45, 2.75) is 32.4 Å². The number of sulfonamides is 1. The van der Waals surface area contributed by atoms with E-state index in [2.05, 4.69) is 15.0 Å². The van der Waals surface area contributed by atoms with Gasteiger partial charge in [0.2, 0.25) is 10.0 Å². The van der Waals surface area contributed by atoms with Gasteiger partial charge in [0.15, 0.2) is 0 Å². The molecule has 2 aromatic rings. The van der Waals surface area contributed by atoms with Crippen molar-refractivity contribution in [3.8, 4) is 11.1 Å². The summed E-state index contributed by atoms with van der Waals surface area (Å²) in [6.45, 7) is 4.79. The smallest absolute Gasteiger partial charge is 0.270 e. The Kier molecular flexibility index (Phi) is 6.73. The van der Waals surface area contributed by atoms with Gasteiger partial charge in [-0.25, -0.2) is 18.6 Å². The van der Waals surface area contributed by atoms with Crippen molar-refractivity contribution < 1.29 is 23.2 Å². The number of aryl methyl sites for hydroxylation is 1. The lowest BCUT2D eigenvalue weighted by Crippen LogP contribution is -2.64. The van der Waals surface area contributed by atoms with E-state index in [0.717, 1.165) is 22.9 Å². The lowest BCUT2D eigenvalue weighted by atomic mass is 9.95. The first-order valence-corrected chi connectivity index (χ1v) is 10.6. The number of hydroxylamine groups is 1. The second-order valence-electron chi connectivity index (χ2n) is 7.28. The van der Waals surface area contributed by atoms with Crippen LogP contribution in [0.5, 0.6) is 0 Å². The summed E-state index contributed by atoms with van der Waals surface area (Å²) < 4.78 is 25.4. The van der Waals surface area contributed by atoms with Crippen LogP contribution in [0, 0.1) is 6.92 Å². The summed E-state index contributed by atoms with van der Waals surface area (Å²) in [5.41, 5.74) is 2.92. The summed E-state index contributed by atoms with van der Waals surface area (Å²) in [4.78, 5) is 28.7. The van der Waals surface area contributed by atoms with Gasteiger partial charge < -0.3 is 5.32 Å². The Morgan fingerprint density at radius 1 is 1.07 bits per heavy atom. The maximum Gasteiger partial charge on any atom is 0.270 e. The van der Waals surface area contributed by atoms with Crippen LogP contribution < -0.4 is 15.5 Å². The molecule has 0 spiro atoms. The van der Waals surface area contributed by atoms with Gasteiger partial charge in [-0.05, 0) is 32.4 Å². The highest BCUT2D eigenvalue weighted by atomic mass is 32.2. The molecule has 1 aromatic heterocycles. The predicted octanol–water partition coefficient (Wildman–Crippen LogP) is 0.989. The van der Waals surface area contributed by atoms with Crippen molar-refractivity contribution in [2.24, 2.45) is 0 Å². The zero-order valence-corrected chi connectivity index (χ0v) is 17.4. The number of nitrogens with one attached hydrogen (secondary N) is 3. The van der Waals surface area contributed by atoms with E-state index in [0.29, 0.717) is 0 Å². The minimum Gasteiger partial charge on any atom is -0.337 e. The Hall–Kier alpha value is -2.82. The van der Waals surface area contributed by atoms with Gasteiger partial charge in [-0.2, -0.15) is 0 Å². The third-order valence-corrected chi connectivity index (χ3v) is 5.10. The van der Waals surface area contributed by atoms with Crippen LogP contribution in [0.15, 0.2) is 42.6 Å². The normalized spacial score (nSPS) is 12.9. The van der Waals surface area contributed by atoms with Crippen LogP contribution in [0.2, 0.25) is 0 Å². The molecule has 156 valence electrons. The number of nitrogens with zero attached hydrogens (tertiary/aromatic N) is 1. The van der Waals surface area contributed by atoms with Crippen LogP contribution >= 0.6 is 0 Å². The van der Waals surface area contributed by atoms with E-state index in [1.165, 1.54) is 31.6 Å². The largest absolute Gasteiger partial charge is 0.337 e. The molecule has 4 N–H and O–H groups in total. The zero-order chi connectivity index (χ0) is 21.8. The maximum atomic E-state index is 12.6. The number of carbonyl (C=O) groups excluding carboxylic acids is 2. The molecule has 10 heteroatoms. The van der Waals surface area contributed by atoms with Crippen LogP contribution in [0.25, 0.3) is 11.1 Å². The minimum absolute atomic E-state index is 0.0340. The van der Waals surface area contributed by atoms with Crippen LogP contribution in [0.4, 0.5) is 0 Å². The Balaban J connectivity index is 2.22. The summed E-state index contributed by atoms with van der Waals surface area (Å²) in [6.07, 6.45) is 2.45. The van der Waals surface area contributed by atoms with E-state index in [4.69, 9.17) is 5.21 Å². The van der Waals surface area contributed by atoms with Crippen molar-refractivity contribution in [3.63, 3.8) is 0 Å². The van der Waals surface area contributed by atoms with Crippen molar-refractivity contribution >= 4 is 21.8 Å². The first-order valence-electron chi connectivity index (χ1n) is 8.70. The number of aromatic nitrogens is 1.